The second kappa shape index (κ2) is 12.3. The summed E-state index contributed by atoms with van der Waals surface area (Å²) in [6, 6.07) is 16.6. The van der Waals surface area contributed by atoms with Crippen molar-refractivity contribution in [2.45, 2.75) is 26.9 Å². The van der Waals surface area contributed by atoms with Crippen LogP contribution >= 0.6 is 11.6 Å². The number of allylic oxidation sites excluding steroid dienone is 1. The number of benzene rings is 3. The van der Waals surface area contributed by atoms with Crippen LogP contribution in [0.3, 0.4) is 0 Å². The summed E-state index contributed by atoms with van der Waals surface area (Å²) in [6.45, 7) is 7.90. The first-order valence-electron chi connectivity index (χ1n) is 12.5. The van der Waals surface area contributed by atoms with Crippen LogP contribution in [0, 0.1) is 18.3 Å². The number of amides is 4. The average Bonchev–Trinajstić information content (AvgIpc) is 2.93. The summed E-state index contributed by atoms with van der Waals surface area (Å²) in [7, 11) is 0. The van der Waals surface area contributed by atoms with E-state index in [-0.39, 0.29) is 17.9 Å². The standard InChI is InChI=1S/C31H26ClN3O5/c1-4-8-21-13-20(15-27(39-5-2)28(21)40-18-23-10-7-6-9-22(23)17-33)14-25-29(36)34-31(38)35(30(25)37)24-12-11-19(3)26(32)16-24/h4,6-7,9-16H,1,5,8,18H2,2-3H3,(H,34,36,38)/b25-14-. The molecule has 1 aliphatic heterocycles. The Hall–Kier alpha value is -4.87. The zero-order valence-corrected chi connectivity index (χ0v) is 22.7. The smallest absolute Gasteiger partial charge is 0.335 e. The van der Waals surface area contributed by atoms with Crippen molar-refractivity contribution in [3.8, 4) is 17.6 Å². The van der Waals surface area contributed by atoms with E-state index in [1.54, 1.807) is 49.4 Å². The van der Waals surface area contributed by atoms with Gasteiger partial charge in [0.25, 0.3) is 11.8 Å². The van der Waals surface area contributed by atoms with E-state index in [0.717, 1.165) is 10.5 Å². The maximum absolute atomic E-state index is 13.4. The number of rotatable bonds is 9. The van der Waals surface area contributed by atoms with Gasteiger partial charge in [0.15, 0.2) is 11.5 Å². The van der Waals surface area contributed by atoms with Gasteiger partial charge in [-0.25, -0.2) is 9.69 Å². The Bertz CT molecular complexity index is 1590. The van der Waals surface area contributed by atoms with Gasteiger partial charge < -0.3 is 9.47 Å². The van der Waals surface area contributed by atoms with Crippen LogP contribution in [0.1, 0.15) is 34.7 Å². The molecule has 3 aromatic rings. The van der Waals surface area contributed by atoms with Gasteiger partial charge in [-0.15, -0.1) is 6.58 Å². The minimum absolute atomic E-state index is 0.130. The number of imide groups is 2. The van der Waals surface area contributed by atoms with Crippen LogP contribution in [0.15, 0.2) is 72.8 Å². The van der Waals surface area contributed by atoms with E-state index < -0.39 is 17.8 Å². The second-order valence-corrected chi connectivity index (χ2v) is 9.29. The summed E-state index contributed by atoms with van der Waals surface area (Å²) in [6.07, 6.45) is 3.49. The molecule has 1 saturated heterocycles. The molecule has 0 saturated carbocycles. The molecule has 0 bridgehead atoms. The maximum Gasteiger partial charge on any atom is 0.335 e. The predicted octanol–water partition coefficient (Wildman–Crippen LogP) is 5.89. The number of nitrogens with zero attached hydrogens (tertiary/aromatic N) is 2. The third-order valence-corrected chi connectivity index (χ3v) is 6.56. The molecule has 0 spiro atoms. The summed E-state index contributed by atoms with van der Waals surface area (Å²) < 4.78 is 12.0. The summed E-state index contributed by atoms with van der Waals surface area (Å²) in [5.74, 6) is -0.751. The monoisotopic (exact) mass is 555 g/mol. The van der Waals surface area contributed by atoms with E-state index in [0.29, 0.717) is 51.8 Å². The molecule has 8 nitrogen and oxygen atoms in total. The van der Waals surface area contributed by atoms with Crippen molar-refractivity contribution in [3.05, 3.63) is 106 Å². The number of carbonyl (C=O) groups excluding carboxylic acids is 3. The number of barbiturate groups is 1. The van der Waals surface area contributed by atoms with Crippen molar-refractivity contribution in [1.29, 1.82) is 5.26 Å². The lowest BCUT2D eigenvalue weighted by Crippen LogP contribution is -2.54. The SMILES string of the molecule is C=CCc1cc(/C=C2/C(=O)NC(=O)N(c3ccc(C)c(Cl)c3)C2=O)cc(OCC)c1OCc1ccccc1C#N. The molecule has 40 heavy (non-hydrogen) atoms. The van der Waals surface area contributed by atoms with Gasteiger partial charge in [-0.1, -0.05) is 41.9 Å². The van der Waals surface area contributed by atoms with E-state index in [4.69, 9.17) is 21.1 Å². The van der Waals surface area contributed by atoms with E-state index in [9.17, 15) is 19.6 Å². The first-order valence-corrected chi connectivity index (χ1v) is 12.8. The van der Waals surface area contributed by atoms with Crippen molar-refractivity contribution in [1.82, 2.24) is 5.32 Å². The predicted molar refractivity (Wildman–Crippen MR) is 152 cm³/mol. The van der Waals surface area contributed by atoms with Crippen molar-refractivity contribution in [2.75, 3.05) is 11.5 Å². The number of anilines is 1. The van der Waals surface area contributed by atoms with Gasteiger partial charge in [-0.3, -0.25) is 14.9 Å². The fourth-order valence-electron chi connectivity index (χ4n) is 4.19. The van der Waals surface area contributed by atoms with Crippen molar-refractivity contribution in [2.24, 2.45) is 0 Å². The summed E-state index contributed by atoms with van der Waals surface area (Å²) >= 11 is 6.21. The van der Waals surface area contributed by atoms with Crippen LogP contribution in [0.5, 0.6) is 11.5 Å². The van der Waals surface area contributed by atoms with Crippen molar-refractivity contribution < 1.29 is 23.9 Å². The number of urea groups is 1. The lowest BCUT2D eigenvalue weighted by molar-refractivity contribution is -0.122. The molecular weight excluding hydrogens is 530 g/mol. The van der Waals surface area contributed by atoms with E-state index in [2.05, 4.69) is 18.0 Å². The molecule has 0 unspecified atom stereocenters. The molecule has 1 heterocycles. The Morgan fingerprint density at radius 1 is 1.07 bits per heavy atom. The summed E-state index contributed by atoms with van der Waals surface area (Å²) in [4.78, 5) is 39.6. The first-order chi connectivity index (χ1) is 19.3. The fraction of sp³-hybridized carbons (Fsp3) is 0.161. The largest absolute Gasteiger partial charge is 0.490 e. The molecule has 202 valence electrons. The second-order valence-electron chi connectivity index (χ2n) is 8.88. The molecule has 0 radical (unpaired) electrons. The Balaban J connectivity index is 1.74. The highest BCUT2D eigenvalue weighted by molar-refractivity contribution is 6.39. The van der Waals surface area contributed by atoms with Gasteiger partial charge in [0.1, 0.15) is 12.2 Å². The molecule has 1 N–H and O–H groups in total. The number of hydrogen-bond acceptors (Lipinski definition) is 6. The fourth-order valence-corrected chi connectivity index (χ4v) is 4.36. The maximum atomic E-state index is 13.4. The molecule has 1 fully saturated rings. The van der Waals surface area contributed by atoms with Gasteiger partial charge in [0, 0.05) is 16.1 Å². The van der Waals surface area contributed by atoms with E-state index >= 15 is 0 Å². The third-order valence-electron chi connectivity index (χ3n) is 6.15. The molecule has 0 aliphatic carbocycles. The van der Waals surface area contributed by atoms with Gasteiger partial charge in [0.2, 0.25) is 0 Å². The molecule has 1 aliphatic rings. The van der Waals surface area contributed by atoms with E-state index in [1.165, 1.54) is 12.1 Å². The van der Waals surface area contributed by atoms with E-state index in [1.807, 2.05) is 19.1 Å². The van der Waals surface area contributed by atoms with Crippen LogP contribution in [0.4, 0.5) is 10.5 Å². The van der Waals surface area contributed by atoms with Crippen LogP contribution in [-0.4, -0.2) is 24.5 Å². The quantitative estimate of drug-likeness (QED) is 0.200. The molecule has 3 aromatic carbocycles. The average molecular weight is 556 g/mol. The minimum atomic E-state index is -0.865. The van der Waals surface area contributed by atoms with Crippen LogP contribution < -0.4 is 19.7 Å². The molecule has 4 amide bonds. The van der Waals surface area contributed by atoms with Crippen molar-refractivity contribution in [3.63, 3.8) is 0 Å². The normalized spacial score (nSPS) is 14.1. The molecule has 0 atom stereocenters. The highest BCUT2D eigenvalue weighted by Crippen LogP contribution is 2.36. The Kier molecular flexibility index (Phi) is 8.67. The zero-order chi connectivity index (χ0) is 28.8. The Labute approximate surface area is 237 Å². The Morgan fingerprint density at radius 2 is 1.85 bits per heavy atom. The van der Waals surface area contributed by atoms with Gasteiger partial charge in [-0.05, 0) is 67.8 Å². The molecular formula is C31H26ClN3O5. The first kappa shape index (κ1) is 28.1. The topological polar surface area (TPSA) is 109 Å². The third kappa shape index (κ3) is 5.90. The lowest BCUT2D eigenvalue weighted by Gasteiger charge is -2.26. The van der Waals surface area contributed by atoms with Gasteiger partial charge in [0.05, 0.1) is 23.9 Å². The van der Waals surface area contributed by atoms with Gasteiger partial charge in [-0.2, -0.15) is 5.26 Å². The number of hydrogen-bond donors (Lipinski definition) is 1. The van der Waals surface area contributed by atoms with Crippen LogP contribution in [-0.2, 0) is 22.6 Å². The number of nitrogens with one attached hydrogen (secondary N) is 1. The molecule has 0 aromatic heterocycles. The summed E-state index contributed by atoms with van der Waals surface area (Å²) in [5.41, 5.74) is 3.18. The van der Waals surface area contributed by atoms with Crippen LogP contribution in [0.25, 0.3) is 6.08 Å². The van der Waals surface area contributed by atoms with Crippen LogP contribution in [0.2, 0.25) is 5.02 Å². The Morgan fingerprint density at radius 3 is 2.55 bits per heavy atom. The van der Waals surface area contributed by atoms with Gasteiger partial charge >= 0.3 is 6.03 Å². The number of aryl methyl sites for hydroxylation is 1. The molecule has 4 rings (SSSR count). The van der Waals surface area contributed by atoms with Crippen molar-refractivity contribution >= 4 is 41.2 Å². The summed E-state index contributed by atoms with van der Waals surface area (Å²) in [5, 5.41) is 12.0. The number of nitriles is 1. The highest BCUT2D eigenvalue weighted by atomic mass is 35.5. The molecule has 9 heteroatoms. The number of ether oxygens (including phenoxy) is 2. The zero-order valence-electron chi connectivity index (χ0n) is 22.0. The lowest BCUT2D eigenvalue weighted by atomic mass is 10.0. The minimum Gasteiger partial charge on any atom is -0.490 e. The number of carbonyl (C=O) groups is 3. The number of halogens is 1. The highest BCUT2D eigenvalue weighted by Gasteiger charge is 2.37.